The standard InChI is InChI=1S/C12H13N3O2S2/c1-7(10(16)13-8-4-5-8)19-12-15-14-11(17-12)9-3-2-6-18-9/h2-3,6-8H,4-5H2,1H3,(H,13,16)/t7-/m0/s1. The molecule has 0 radical (unpaired) electrons. The minimum atomic E-state index is -0.225. The van der Waals surface area contributed by atoms with Crippen molar-refractivity contribution in [3.63, 3.8) is 0 Å². The highest BCUT2D eigenvalue weighted by Gasteiger charge is 2.27. The van der Waals surface area contributed by atoms with Crippen LogP contribution in [0, 0.1) is 0 Å². The molecule has 7 heteroatoms. The van der Waals surface area contributed by atoms with Gasteiger partial charge >= 0.3 is 0 Å². The van der Waals surface area contributed by atoms with E-state index in [0.29, 0.717) is 17.2 Å². The van der Waals surface area contributed by atoms with Gasteiger partial charge in [0.25, 0.3) is 11.1 Å². The van der Waals surface area contributed by atoms with Crippen molar-refractivity contribution >= 4 is 29.0 Å². The first-order valence-corrected chi connectivity index (χ1v) is 7.83. The van der Waals surface area contributed by atoms with E-state index in [9.17, 15) is 4.79 Å². The van der Waals surface area contributed by atoms with Crippen LogP contribution in [0.15, 0.2) is 27.2 Å². The molecule has 3 rings (SSSR count). The molecule has 5 nitrogen and oxygen atoms in total. The van der Waals surface area contributed by atoms with Crippen molar-refractivity contribution in [2.24, 2.45) is 0 Å². The molecule has 100 valence electrons. The minimum absolute atomic E-state index is 0.0309. The molecule has 0 aliphatic heterocycles. The first-order chi connectivity index (χ1) is 9.22. The zero-order valence-electron chi connectivity index (χ0n) is 10.3. The van der Waals surface area contributed by atoms with Crippen LogP contribution in [0.5, 0.6) is 0 Å². The SMILES string of the molecule is C[C@H](Sc1nnc(-c2cccs2)o1)C(=O)NC1CC1. The van der Waals surface area contributed by atoms with Crippen LogP contribution < -0.4 is 5.32 Å². The molecule has 1 fully saturated rings. The molecule has 2 heterocycles. The molecule has 2 aromatic heterocycles. The smallest absolute Gasteiger partial charge is 0.277 e. The van der Waals surface area contributed by atoms with Gasteiger partial charge in [0.1, 0.15) is 0 Å². The highest BCUT2D eigenvalue weighted by Crippen LogP contribution is 2.29. The van der Waals surface area contributed by atoms with Crippen LogP contribution in [0.1, 0.15) is 19.8 Å². The summed E-state index contributed by atoms with van der Waals surface area (Å²) in [6, 6.07) is 4.23. The highest BCUT2D eigenvalue weighted by atomic mass is 32.2. The van der Waals surface area contributed by atoms with E-state index in [0.717, 1.165) is 17.7 Å². The molecule has 0 bridgehead atoms. The first-order valence-electron chi connectivity index (χ1n) is 6.07. The monoisotopic (exact) mass is 295 g/mol. The Hall–Kier alpha value is -1.34. The number of hydrogen-bond donors (Lipinski definition) is 1. The molecule has 1 aliphatic carbocycles. The Bertz CT molecular complexity index is 563. The van der Waals surface area contributed by atoms with E-state index in [1.807, 2.05) is 24.4 Å². The molecule has 1 aliphatic rings. The molecule has 0 saturated heterocycles. The highest BCUT2D eigenvalue weighted by molar-refractivity contribution is 8.00. The summed E-state index contributed by atoms with van der Waals surface area (Å²) < 4.78 is 5.54. The number of carbonyl (C=O) groups is 1. The molecular formula is C12H13N3O2S2. The fraction of sp³-hybridized carbons (Fsp3) is 0.417. The summed E-state index contributed by atoms with van der Waals surface area (Å²) in [5.74, 6) is 0.538. The quantitative estimate of drug-likeness (QED) is 0.859. The maximum atomic E-state index is 11.8. The van der Waals surface area contributed by atoms with E-state index in [4.69, 9.17) is 4.42 Å². The molecule has 1 N–H and O–H groups in total. The van der Waals surface area contributed by atoms with Gasteiger partial charge in [-0.15, -0.1) is 21.5 Å². The van der Waals surface area contributed by atoms with Gasteiger partial charge in [0.15, 0.2) is 0 Å². The lowest BCUT2D eigenvalue weighted by atomic mass is 10.4. The zero-order valence-corrected chi connectivity index (χ0v) is 12.0. The van der Waals surface area contributed by atoms with E-state index < -0.39 is 0 Å². The van der Waals surface area contributed by atoms with Crippen LogP contribution in [0.2, 0.25) is 0 Å². The lowest BCUT2D eigenvalue weighted by Gasteiger charge is -2.08. The Morgan fingerprint density at radius 3 is 3.11 bits per heavy atom. The normalized spacial score (nSPS) is 16.3. The lowest BCUT2D eigenvalue weighted by Crippen LogP contribution is -2.32. The average molecular weight is 295 g/mol. The van der Waals surface area contributed by atoms with Crippen molar-refractivity contribution in [3.8, 4) is 10.8 Å². The lowest BCUT2D eigenvalue weighted by molar-refractivity contribution is -0.120. The third-order valence-corrected chi connectivity index (χ3v) is 4.50. The van der Waals surface area contributed by atoms with Crippen molar-refractivity contribution in [1.82, 2.24) is 15.5 Å². The number of aromatic nitrogens is 2. The number of amides is 1. The largest absolute Gasteiger partial charge is 0.410 e. The van der Waals surface area contributed by atoms with E-state index in [1.165, 1.54) is 11.8 Å². The van der Waals surface area contributed by atoms with Gasteiger partial charge in [0.2, 0.25) is 5.91 Å². The molecule has 19 heavy (non-hydrogen) atoms. The summed E-state index contributed by atoms with van der Waals surface area (Å²) in [5, 5.41) is 13.1. The molecular weight excluding hydrogens is 282 g/mol. The molecule has 0 spiro atoms. The van der Waals surface area contributed by atoms with Crippen molar-refractivity contribution in [2.75, 3.05) is 0 Å². The van der Waals surface area contributed by atoms with Crippen LogP contribution in [0.4, 0.5) is 0 Å². The van der Waals surface area contributed by atoms with Crippen LogP contribution in [0.3, 0.4) is 0 Å². The number of nitrogens with zero attached hydrogens (tertiary/aromatic N) is 2. The topological polar surface area (TPSA) is 68.0 Å². The molecule has 1 saturated carbocycles. The van der Waals surface area contributed by atoms with E-state index >= 15 is 0 Å². The fourth-order valence-corrected chi connectivity index (χ4v) is 2.84. The van der Waals surface area contributed by atoms with Gasteiger partial charge in [-0.3, -0.25) is 4.79 Å². The summed E-state index contributed by atoms with van der Waals surface area (Å²) >= 11 is 2.84. The number of carbonyl (C=O) groups excluding carboxylic acids is 1. The maximum Gasteiger partial charge on any atom is 0.277 e. The van der Waals surface area contributed by atoms with Crippen LogP contribution in [-0.4, -0.2) is 27.4 Å². The summed E-state index contributed by atoms with van der Waals surface area (Å²) in [6.07, 6.45) is 2.18. The maximum absolute atomic E-state index is 11.8. The van der Waals surface area contributed by atoms with Crippen LogP contribution in [-0.2, 0) is 4.79 Å². The molecule has 2 aromatic rings. The number of thiophene rings is 1. The van der Waals surface area contributed by atoms with Crippen molar-refractivity contribution in [3.05, 3.63) is 17.5 Å². The molecule has 0 unspecified atom stereocenters. The number of nitrogens with one attached hydrogen (secondary N) is 1. The predicted molar refractivity (Wildman–Crippen MR) is 74.1 cm³/mol. The van der Waals surface area contributed by atoms with Crippen molar-refractivity contribution in [2.45, 2.75) is 36.3 Å². The van der Waals surface area contributed by atoms with Gasteiger partial charge in [-0.05, 0) is 31.2 Å². The average Bonchev–Trinajstić information content (AvgIpc) is 2.90. The van der Waals surface area contributed by atoms with Gasteiger partial charge in [-0.2, -0.15) is 0 Å². The first kappa shape index (κ1) is 12.7. The Morgan fingerprint density at radius 2 is 2.42 bits per heavy atom. The fourth-order valence-electron chi connectivity index (χ4n) is 1.51. The summed E-state index contributed by atoms with van der Waals surface area (Å²) in [6.45, 7) is 1.84. The Morgan fingerprint density at radius 1 is 1.58 bits per heavy atom. The molecule has 1 atom stereocenters. The van der Waals surface area contributed by atoms with E-state index in [1.54, 1.807) is 11.3 Å². The van der Waals surface area contributed by atoms with Gasteiger partial charge in [-0.1, -0.05) is 17.8 Å². The van der Waals surface area contributed by atoms with Crippen molar-refractivity contribution < 1.29 is 9.21 Å². The third-order valence-electron chi connectivity index (χ3n) is 2.71. The van der Waals surface area contributed by atoms with Crippen LogP contribution >= 0.6 is 23.1 Å². The number of thioether (sulfide) groups is 1. The van der Waals surface area contributed by atoms with Gasteiger partial charge in [0.05, 0.1) is 10.1 Å². The van der Waals surface area contributed by atoms with Crippen LogP contribution in [0.25, 0.3) is 10.8 Å². The zero-order chi connectivity index (χ0) is 13.2. The van der Waals surface area contributed by atoms with Gasteiger partial charge in [0, 0.05) is 6.04 Å². The summed E-state index contributed by atoms with van der Waals surface area (Å²) in [5.41, 5.74) is 0. The second-order valence-electron chi connectivity index (χ2n) is 4.39. The second kappa shape index (κ2) is 5.34. The third kappa shape index (κ3) is 3.16. The Labute approximate surface area is 118 Å². The Balaban J connectivity index is 1.61. The van der Waals surface area contributed by atoms with Gasteiger partial charge in [-0.25, -0.2) is 0 Å². The Kier molecular flexibility index (Phi) is 3.56. The minimum Gasteiger partial charge on any atom is -0.410 e. The summed E-state index contributed by atoms with van der Waals surface area (Å²) in [7, 11) is 0. The van der Waals surface area contributed by atoms with E-state index in [2.05, 4.69) is 15.5 Å². The number of rotatable bonds is 5. The molecule has 0 aromatic carbocycles. The van der Waals surface area contributed by atoms with Gasteiger partial charge < -0.3 is 9.73 Å². The summed E-state index contributed by atoms with van der Waals surface area (Å²) in [4.78, 5) is 12.8. The molecule has 1 amide bonds. The predicted octanol–water partition coefficient (Wildman–Crippen LogP) is 2.56. The van der Waals surface area contributed by atoms with Crippen molar-refractivity contribution in [1.29, 1.82) is 0 Å². The number of hydrogen-bond acceptors (Lipinski definition) is 6. The second-order valence-corrected chi connectivity index (χ2v) is 6.63. The van der Waals surface area contributed by atoms with E-state index in [-0.39, 0.29) is 11.2 Å².